The van der Waals surface area contributed by atoms with Gasteiger partial charge in [-0.15, -0.1) is 10.2 Å². The first-order chi connectivity index (χ1) is 11.5. The number of benzene rings is 1. The lowest BCUT2D eigenvalue weighted by atomic mass is 10.1. The van der Waals surface area contributed by atoms with Gasteiger partial charge in [0.15, 0.2) is 0 Å². The zero-order chi connectivity index (χ0) is 17.1. The molecule has 1 saturated heterocycles. The molecular formula is C19H28N4O. The Hall–Kier alpha value is -1.72. The Morgan fingerprint density at radius 2 is 1.67 bits per heavy atom. The van der Waals surface area contributed by atoms with Crippen LogP contribution in [0.2, 0.25) is 0 Å². The number of hydrogen-bond acceptors (Lipinski definition) is 5. The Bertz CT molecular complexity index is 642. The molecule has 1 aliphatic heterocycles. The van der Waals surface area contributed by atoms with E-state index in [1.165, 1.54) is 12.1 Å². The van der Waals surface area contributed by atoms with Gasteiger partial charge < -0.3 is 9.32 Å². The molecule has 0 aliphatic carbocycles. The molecule has 5 nitrogen and oxygen atoms in total. The highest BCUT2D eigenvalue weighted by Crippen LogP contribution is 2.25. The average molecular weight is 328 g/mol. The zero-order valence-corrected chi connectivity index (χ0v) is 15.2. The third kappa shape index (κ3) is 4.02. The zero-order valence-electron chi connectivity index (χ0n) is 15.2. The van der Waals surface area contributed by atoms with Crippen molar-refractivity contribution in [1.29, 1.82) is 0 Å². The summed E-state index contributed by atoms with van der Waals surface area (Å²) in [5.41, 5.74) is 2.21. The van der Waals surface area contributed by atoms with E-state index in [1.54, 1.807) is 0 Å². The van der Waals surface area contributed by atoms with Crippen molar-refractivity contribution in [3.63, 3.8) is 0 Å². The smallest absolute Gasteiger partial charge is 0.247 e. The predicted octanol–water partition coefficient (Wildman–Crippen LogP) is 3.38. The van der Waals surface area contributed by atoms with Gasteiger partial charge in [0.25, 0.3) is 0 Å². The third-order valence-electron chi connectivity index (χ3n) is 4.67. The Kier molecular flexibility index (Phi) is 5.31. The molecule has 1 aliphatic rings. The van der Waals surface area contributed by atoms with E-state index in [4.69, 9.17) is 4.42 Å². The molecule has 2 heterocycles. The minimum absolute atomic E-state index is 0.165. The summed E-state index contributed by atoms with van der Waals surface area (Å²) in [6.07, 6.45) is 0. The molecule has 3 rings (SSSR count). The summed E-state index contributed by atoms with van der Waals surface area (Å²) in [7, 11) is 0. The Morgan fingerprint density at radius 1 is 1.00 bits per heavy atom. The molecule has 0 radical (unpaired) electrons. The van der Waals surface area contributed by atoms with Crippen LogP contribution < -0.4 is 0 Å². The summed E-state index contributed by atoms with van der Waals surface area (Å²) < 4.78 is 5.94. The molecule has 0 bridgehead atoms. The van der Waals surface area contributed by atoms with E-state index in [1.807, 2.05) is 12.1 Å². The maximum atomic E-state index is 5.94. The molecule has 5 heteroatoms. The van der Waals surface area contributed by atoms with Gasteiger partial charge in [-0.05, 0) is 31.9 Å². The molecular weight excluding hydrogens is 300 g/mol. The van der Waals surface area contributed by atoms with Crippen LogP contribution in [0.1, 0.15) is 38.3 Å². The van der Waals surface area contributed by atoms with Crippen LogP contribution in [0, 0.1) is 12.8 Å². The molecule has 0 amide bonds. The summed E-state index contributed by atoms with van der Waals surface area (Å²) in [5, 5.41) is 8.52. The van der Waals surface area contributed by atoms with Gasteiger partial charge in [-0.1, -0.05) is 31.5 Å². The molecule has 0 saturated carbocycles. The molecule has 1 fully saturated rings. The van der Waals surface area contributed by atoms with Gasteiger partial charge in [-0.3, -0.25) is 4.90 Å². The highest BCUT2D eigenvalue weighted by molar-refractivity contribution is 5.52. The molecule has 1 atom stereocenters. The normalized spacial score (nSPS) is 18.2. The number of aromatic nitrogens is 2. The molecule has 1 unspecified atom stereocenters. The first-order valence-corrected chi connectivity index (χ1v) is 8.90. The van der Waals surface area contributed by atoms with E-state index in [0.29, 0.717) is 11.8 Å². The molecule has 1 aromatic carbocycles. The van der Waals surface area contributed by atoms with Crippen LogP contribution in [0.4, 0.5) is 0 Å². The van der Waals surface area contributed by atoms with Crippen molar-refractivity contribution in [2.45, 2.75) is 33.7 Å². The summed E-state index contributed by atoms with van der Waals surface area (Å²) in [5.74, 6) is 2.04. The molecule has 130 valence electrons. The standard InChI is InChI=1S/C19H28N4O/c1-14(2)13-22-9-11-23(12-10-22)16(4)18-20-21-19(24-18)17-7-5-15(3)6-8-17/h5-8,14,16H,9-13H2,1-4H3. The van der Waals surface area contributed by atoms with Gasteiger partial charge in [-0.25, -0.2) is 0 Å². The van der Waals surface area contributed by atoms with Crippen molar-refractivity contribution < 1.29 is 4.42 Å². The van der Waals surface area contributed by atoms with Crippen LogP contribution >= 0.6 is 0 Å². The molecule has 0 spiro atoms. The molecule has 2 aromatic rings. The van der Waals surface area contributed by atoms with Gasteiger partial charge in [0.1, 0.15) is 0 Å². The fourth-order valence-corrected chi connectivity index (χ4v) is 3.22. The van der Waals surface area contributed by atoms with E-state index in [9.17, 15) is 0 Å². The number of hydrogen-bond donors (Lipinski definition) is 0. The average Bonchev–Trinajstić information content (AvgIpc) is 3.05. The Morgan fingerprint density at radius 3 is 2.29 bits per heavy atom. The maximum absolute atomic E-state index is 5.94. The fraction of sp³-hybridized carbons (Fsp3) is 0.579. The largest absolute Gasteiger partial charge is 0.419 e. The lowest BCUT2D eigenvalue weighted by molar-refractivity contribution is 0.0850. The third-order valence-corrected chi connectivity index (χ3v) is 4.67. The van der Waals surface area contributed by atoms with Crippen molar-refractivity contribution in [3.8, 4) is 11.5 Å². The second-order valence-corrected chi connectivity index (χ2v) is 7.22. The Balaban J connectivity index is 1.62. The summed E-state index contributed by atoms with van der Waals surface area (Å²) in [6.45, 7) is 14.3. The maximum Gasteiger partial charge on any atom is 0.247 e. The quantitative estimate of drug-likeness (QED) is 0.842. The summed E-state index contributed by atoms with van der Waals surface area (Å²) in [6, 6.07) is 8.36. The van der Waals surface area contributed by atoms with Crippen LogP contribution in [0.3, 0.4) is 0 Å². The van der Waals surface area contributed by atoms with Crippen LogP contribution in [0.15, 0.2) is 28.7 Å². The van der Waals surface area contributed by atoms with Crippen molar-refractivity contribution >= 4 is 0 Å². The van der Waals surface area contributed by atoms with Crippen molar-refractivity contribution in [2.24, 2.45) is 5.92 Å². The van der Waals surface area contributed by atoms with E-state index in [-0.39, 0.29) is 6.04 Å². The first kappa shape index (κ1) is 17.1. The van der Waals surface area contributed by atoms with Gasteiger partial charge in [0.2, 0.25) is 11.8 Å². The lowest BCUT2D eigenvalue weighted by Crippen LogP contribution is -2.48. The molecule has 24 heavy (non-hydrogen) atoms. The van der Waals surface area contributed by atoms with Gasteiger partial charge >= 0.3 is 0 Å². The van der Waals surface area contributed by atoms with Crippen LogP contribution in [-0.4, -0.2) is 52.7 Å². The van der Waals surface area contributed by atoms with Crippen molar-refractivity contribution in [2.75, 3.05) is 32.7 Å². The van der Waals surface area contributed by atoms with Crippen LogP contribution in [0.25, 0.3) is 11.5 Å². The topological polar surface area (TPSA) is 45.4 Å². The monoisotopic (exact) mass is 328 g/mol. The van der Waals surface area contributed by atoms with Crippen molar-refractivity contribution in [3.05, 3.63) is 35.7 Å². The minimum Gasteiger partial charge on any atom is -0.419 e. The first-order valence-electron chi connectivity index (χ1n) is 8.90. The number of rotatable bonds is 5. The van der Waals surface area contributed by atoms with E-state index in [2.05, 4.69) is 59.8 Å². The number of aryl methyl sites for hydroxylation is 1. The fourth-order valence-electron chi connectivity index (χ4n) is 3.22. The van der Waals surface area contributed by atoms with E-state index >= 15 is 0 Å². The molecule has 1 aromatic heterocycles. The molecule has 0 N–H and O–H groups in total. The summed E-state index contributed by atoms with van der Waals surface area (Å²) in [4.78, 5) is 4.97. The van der Waals surface area contributed by atoms with Gasteiger partial charge in [-0.2, -0.15) is 0 Å². The van der Waals surface area contributed by atoms with Crippen molar-refractivity contribution in [1.82, 2.24) is 20.0 Å². The second-order valence-electron chi connectivity index (χ2n) is 7.22. The highest BCUT2D eigenvalue weighted by Gasteiger charge is 2.25. The summed E-state index contributed by atoms with van der Waals surface area (Å²) >= 11 is 0. The lowest BCUT2D eigenvalue weighted by Gasteiger charge is -2.37. The van der Waals surface area contributed by atoms with Crippen LogP contribution in [-0.2, 0) is 0 Å². The van der Waals surface area contributed by atoms with Crippen LogP contribution in [0.5, 0.6) is 0 Å². The Labute approximate surface area is 144 Å². The highest BCUT2D eigenvalue weighted by atomic mass is 16.4. The second kappa shape index (κ2) is 7.45. The SMILES string of the molecule is Cc1ccc(-c2nnc(C(C)N3CCN(CC(C)C)CC3)o2)cc1. The predicted molar refractivity (Wildman–Crippen MR) is 95.7 cm³/mol. The van der Waals surface area contributed by atoms with E-state index in [0.717, 1.165) is 37.7 Å². The van der Waals surface area contributed by atoms with Gasteiger partial charge in [0.05, 0.1) is 6.04 Å². The number of nitrogens with zero attached hydrogens (tertiary/aromatic N) is 4. The van der Waals surface area contributed by atoms with Gasteiger partial charge in [0, 0.05) is 38.3 Å². The minimum atomic E-state index is 0.165. The number of piperazine rings is 1. The van der Waals surface area contributed by atoms with E-state index < -0.39 is 0 Å².